The number of hydrogen-bond acceptors (Lipinski definition) is 4. The average Bonchev–Trinajstić information content (AvgIpc) is 2.62. The van der Waals surface area contributed by atoms with E-state index in [2.05, 4.69) is 15.2 Å². The first kappa shape index (κ1) is 16.8. The Morgan fingerprint density at radius 3 is 2.76 bits per heavy atom. The third-order valence-corrected chi connectivity index (χ3v) is 5.70. The Balaban J connectivity index is 1.75. The summed E-state index contributed by atoms with van der Waals surface area (Å²) in [5.74, 6) is 0.781. The predicted octanol–water partition coefficient (Wildman–Crippen LogP) is 4.07. The van der Waals surface area contributed by atoms with Crippen molar-refractivity contribution in [1.82, 2.24) is 14.5 Å². The van der Waals surface area contributed by atoms with Gasteiger partial charge in [-0.15, -0.1) is 0 Å². The highest BCUT2D eigenvalue weighted by Crippen LogP contribution is 2.29. The molecule has 7 heteroatoms. The van der Waals surface area contributed by atoms with Crippen LogP contribution >= 0.6 is 23.8 Å². The third kappa shape index (κ3) is 3.26. The van der Waals surface area contributed by atoms with E-state index in [1.165, 1.54) is 32.1 Å². The van der Waals surface area contributed by atoms with Crippen molar-refractivity contribution in [3.05, 3.63) is 50.0 Å². The zero-order valence-electron chi connectivity index (χ0n) is 13.9. The quantitative estimate of drug-likeness (QED) is 0.776. The SMILES string of the molecule is O=c1[nH]c(=S)n(-c2cccc(Cl)c2)c2c1CN(C1CCCCC1)CN2. The van der Waals surface area contributed by atoms with Gasteiger partial charge in [-0.2, -0.15) is 0 Å². The topological polar surface area (TPSA) is 53.1 Å². The minimum atomic E-state index is -0.105. The number of nitrogens with zero attached hydrogens (tertiary/aromatic N) is 2. The van der Waals surface area contributed by atoms with Crippen molar-refractivity contribution < 1.29 is 0 Å². The van der Waals surface area contributed by atoms with Gasteiger partial charge in [0.2, 0.25) is 0 Å². The lowest BCUT2D eigenvalue weighted by Gasteiger charge is -2.38. The summed E-state index contributed by atoms with van der Waals surface area (Å²) < 4.78 is 2.25. The predicted molar refractivity (Wildman–Crippen MR) is 103 cm³/mol. The molecule has 0 bridgehead atoms. The Labute approximate surface area is 156 Å². The van der Waals surface area contributed by atoms with Crippen LogP contribution in [0.25, 0.3) is 5.69 Å². The van der Waals surface area contributed by atoms with Crippen LogP contribution in [-0.2, 0) is 6.54 Å². The molecule has 1 aliphatic heterocycles. The number of hydrogen-bond donors (Lipinski definition) is 2. The number of halogens is 1. The Kier molecular flexibility index (Phi) is 4.67. The van der Waals surface area contributed by atoms with Crippen molar-refractivity contribution in [3.63, 3.8) is 0 Å². The van der Waals surface area contributed by atoms with Crippen molar-refractivity contribution in [2.75, 3.05) is 12.0 Å². The largest absolute Gasteiger partial charge is 0.358 e. The number of H-pyrrole nitrogens is 1. The second-order valence-corrected chi connectivity index (χ2v) is 7.60. The summed E-state index contributed by atoms with van der Waals surface area (Å²) in [6, 6.07) is 8.05. The van der Waals surface area contributed by atoms with Gasteiger partial charge >= 0.3 is 0 Å². The monoisotopic (exact) mass is 376 g/mol. The van der Waals surface area contributed by atoms with E-state index in [1.807, 2.05) is 28.8 Å². The molecule has 1 aliphatic carbocycles. The van der Waals surface area contributed by atoms with Crippen LogP contribution in [-0.4, -0.2) is 27.2 Å². The number of nitrogens with one attached hydrogen (secondary N) is 2. The minimum Gasteiger partial charge on any atom is -0.358 e. The van der Waals surface area contributed by atoms with Crippen LogP contribution in [0.15, 0.2) is 29.1 Å². The molecule has 0 atom stereocenters. The molecule has 25 heavy (non-hydrogen) atoms. The third-order valence-electron chi connectivity index (χ3n) is 5.18. The van der Waals surface area contributed by atoms with Crippen molar-refractivity contribution in [3.8, 4) is 5.69 Å². The number of fused-ring (bicyclic) bond motifs is 1. The molecule has 1 fully saturated rings. The molecule has 0 spiro atoms. The van der Waals surface area contributed by atoms with Gasteiger partial charge in [0.25, 0.3) is 5.56 Å². The van der Waals surface area contributed by atoms with E-state index in [0.717, 1.165) is 23.7 Å². The zero-order valence-corrected chi connectivity index (χ0v) is 15.5. The van der Waals surface area contributed by atoms with E-state index in [0.29, 0.717) is 22.4 Å². The molecule has 0 amide bonds. The van der Waals surface area contributed by atoms with Gasteiger partial charge in [-0.1, -0.05) is 36.9 Å². The maximum absolute atomic E-state index is 12.5. The number of rotatable bonds is 2. The van der Waals surface area contributed by atoms with E-state index in [9.17, 15) is 4.79 Å². The van der Waals surface area contributed by atoms with Gasteiger partial charge in [0, 0.05) is 17.6 Å². The van der Waals surface area contributed by atoms with Gasteiger partial charge < -0.3 is 5.32 Å². The van der Waals surface area contributed by atoms with E-state index >= 15 is 0 Å². The van der Waals surface area contributed by atoms with E-state index < -0.39 is 0 Å². The highest BCUT2D eigenvalue weighted by atomic mass is 35.5. The molecule has 4 rings (SSSR count). The molecular weight excluding hydrogens is 356 g/mol. The lowest BCUT2D eigenvalue weighted by Crippen LogP contribution is -2.45. The first-order valence-electron chi connectivity index (χ1n) is 8.75. The Morgan fingerprint density at radius 1 is 1.20 bits per heavy atom. The van der Waals surface area contributed by atoms with Crippen LogP contribution in [0, 0.1) is 4.77 Å². The molecule has 2 aromatic rings. The molecule has 2 aliphatic rings. The highest BCUT2D eigenvalue weighted by molar-refractivity contribution is 7.71. The van der Waals surface area contributed by atoms with Crippen molar-refractivity contribution in [2.45, 2.75) is 44.7 Å². The maximum Gasteiger partial charge on any atom is 0.258 e. The van der Waals surface area contributed by atoms with Crippen LogP contribution in [0.2, 0.25) is 5.02 Å². The highest BCUT2D eigenvalue weighted by Gasteiger charge is 2.28. The molecule has 5 nitrogen and oxygen atoms in total. The Bertz CT molecular complexity index is 901. The smallest absolute Gasteiger partial charge is 0.258 e. The summed E-state index contributed by atoms with van der Waals surface area (Å²) in [5, 5.41) is 4.08. The maximum atomic E-state index is 12.5. The number of benzene rings is 1. The van der Waals surface area contributed by atoms with E-state index in [1.54, 1.807) is 0 Å². The lowest BCUT2D eigenvalue weighted by molar-refractivity contribution is 0.152. The van der Waals surface area contributed by atoms with Crippen molar-refractivity contribution >= 4 is 29.6 Å². The minimum absolute atomic E-state index is 0.105. The summed E-state index contributed by atoms with van der Waals surface area (Å²) in [6.07, 6.45) is 6.30. The normalized spacial score (nSPS) is 18.6. The van der Waals surface area contributed by atoms with Gasteiger partial charge in [-0.3, -0.25) is 19.2 Å². The molecule has 1 aromatic heterocycles. The van der Waals surface area contributed by atoms with Crippen LogP contribution in [0.3, 0.4) is 0 Å². The zero-order chi connectivity index (χ0) is 17.4. The summed E-state index contributed by atoms with van der Waals surface area (Å²) in [7, 11) is 0. The number of anilines is 1. The first-order chi connectivity index (χ1) is 12.1. The number of aromatic nitrogens is 2. The fourth-order valence-electron chi connectivity index (χ4n) is 3.91. The van der Waals surface area contributed by atoms with E-state index in [-0.39, 0.29) is 5.56 Å². The molecular formula is C18H21ClN4OS. The molecule has 2 N–H and O–H groups in total. The molecule has 132 valence electrons. The molecule has 1 aromatic carbocycles. The Morgan fingerprint density at radius 2 is 2.00 bits per heavy atom. The second kappa shape index (κ2) is 6.94. The van der Waals surface area contributed by atoms with Gasteiger partial charge in [0.1, 0.15) is 5.82 Å². The number of aromatic amines is 1. The molecule has 0 saturated heterocycles. The van der Waals surface area contributed by atoms with Crippen LogP contribution in [0.4, 0.5) is 5.82 Å². The van der Waals surface area contributed by atoms with Gasteiger partial charge in [-0.05, 0) is 43.3 Å². The first-order valence-corrected chi connectivity index (χ1v) is 9.54. The van der Waals surface area contributed by atoms with Crippen LogP contribution in [0.1, 0.15) is 37.7 Å². The fourth-order valence-corrected chi connectivity index (χ4v) is 4.38. The van der Waals surface area contributed by atoms with Crippen LogP contribution < -0.4 is 10.9 Å². The van der Waals surface area contributed by atoms with Gasteiger partial charge in [0.05, 0.1) is 17.9 Å². The molecule has 2 heterocycles. The van der Waals surface area contributed by atoms with Crippen molar-refractivity contribution in [1.29, 1.82) is 0 Å². The average molecular weight is 377 g/mol. The molecule has 0 unspecified atom stereocenters. The van der Waals surface area contributed by atoms with Crippen LogP contribution in [0.5, 0.6) is 0 Å². The fraction of sp³-hybridized carbons (Fsp3) is 0.444. The molecule has 0 radical (unpaired) electrons. The standard InChI is InChI=1S/C18H21ClN4OS/c19-12-5-4-8-14(9-12)23-16-15(17(24)21-18(23)25)10-22(11-20-16)13-6-2-1-3-7-13/h4-5,8-9,13,20H,1-3,6-7,10-11H2,(H,21,24,25). The van der Waals surface area contributed by atoms with Gasteiger partial charge in [-0.25, -0.2) is 0 Å². The second-order valence-electron chi connectivity index (χ2n) is 6.78. The Hall–Kier alpha value is -1.63. The summed E-state index contributed by atoms with van der Waals surface area (Å²) in [4.78, 5) is 17.7. The summed E-state index contributed by atoms with van der Waals surface area (Å²) >= 11 is 11.6. The summed E-state index contributed by atoms with van der Waals surface area (Å²) in [6.45, 7) is 1.38. The van der Waals surface area contributed by atoms with E-state index in [4.69, 9.17) is 23.8 Å². The van der Waals surface area contributed by atoms with Crippen molar-refractivity contribution in [2.24, 2.45) is 0 Å². The molecule has 1 saturated carbocycles. The van der Waals surface area contributed by atoms with Gasteiger partial charge in [0.15, 0.2) is 4.77 Å². The summed E-state index contributed by atoms with van der Waals surface area (Å²) in [5.41, 5.74) is 1.49. The lowest BCUT2D eigenvalue weighted by atomic mass is 9.94.